The Hall–Kier alpha value is -4.26. The molecule has 13 heteroatoms. The summed E-state index contributed by atoms with van der Waals surface area (Å²) < 4.78 is 6.22. The lowest BCUT2D eigenvalue weighted by Crippen LogP contribution is -2.29. The van der Waals surface area contributed by atoms with Crippen molar-refractivity contribution in [3.8, 4) is 0 Å². The van der Waals surface area contributed by atoms with Crippen molar-refractivity contribution in [1.82, 2.24) is 8.75 Å². The molecule has 33 heavy (non-hydrogen) atoms. The van der Waals surface area contributed by atoms with E-state index in [1.807, 2.05) is 0 Å². The largest absolute Gasteiger partial charge is 0.370 e. The maximum atomic E-state index is 13.6. The quantitative estimate of drug-likeness (QED) is 0.0847. The summed E-state index contributed by atoms with van der Waals surface area (Å²) in [6.45, 7) is 0.895. The van der Waals surface area contributed by atoms with Crippen LogP contribution in [0.4, 0.5) is 0 Å². The van der Waals surface area contributed by atoms with Gasteiger partial charge < -0.3 is 22.9 Å². The molecule has 4 rings (SSSR count). The molecule has 0 unspecified atom stereocenters. The Bertz CT molecular complexity index is 1530. The molecule has 10 N–H and O–H groups in total. The molecule has 0 aliphatic heterocycles. The molecular formula is C20H22N10O2S. The van der Waals surface area contributed by atoms with Gasteiger partial charge in [-0.15, -0.1) is 0 Å². The van der Waals surface area contributed by atoms with Gasteiger partial charge in [-0.1, -0.05) is 24.3 Å². The summed E-state index contributed by atoms with van der Waals surface area (Å²) in [6.07, 6.45) is 0. The van der Waals surface area contributed by atoms with Gasteiger partial charge in [-0.2, -0.15) is 0 Å². The molecule has 170 valence electrons. The Morgan fingerprint density at radius 3 is 1.55 bits per heavy atom. The van der Waals surface area contributed by atoms with Crippen molar-refractivity contribution in [3.05, 3.63) is 55.4 Å². The average molecular weight is 467 g/mol. The number of aromatic amines is 2. The fourth-order valence-electron chi connectivity index (χ4n) is 3.64. The van der Waals surface area contributed by atoms with E-state index in [1.54, 1.807) is 24.3 Å². The second-order valence-corrected chi connectivity index (χ2v) is 7.70. The molecule has 0 fully saturated rings. The van der Waals surface area contributed by atoms with Gasteiger partial charge in [0.25, 0.3) is 0 Å². The number of aromatic nitrogens is 2. The third kappa shape index (κ3) is 4.13. The maximum absolute atomic E-state index is 13.6. The number of rotatable bonds is 6. The van der Waals surface area contributed by atoms with Crippen LogP contribution in [0.2, 0.25) is 0 Å². The number of guanidine groups is 2. The van der Waals surface area contributed by atoms with Crippen LogP contribution in [-0.2, 0) is 0 Å². The van der Waals surface area contributed by atoms with Crippen LogP contribution in [0.1, 0.15) is 0 Å². The van der Waals surface area contributed by atoms with E-state index >= 15 is 0 Å². The molecule has 1 aromatic heterocycles. The Balaban J connectivity index is 2.14. The van der Waals surface area contributed by atoms with E-state index in [0.717, 1.165) is 0 Å². The van der Waals surface area contributed by atoms with Gasteiger partial charge >= 0.3 is 0 Å². The summed E-state index contributed by atoms with van der Waals surface area (Å²) in [4.78, 5) is 44.1. The summed E-state index contributed by atoms with van der Waals surface area (Å²) in [5, 5.41) is 1.75. The van der Waals surface area contributed by atoms with Crippen molar-refractivity contribution < 1.29 is 0 Å². The van der Waals surface area contributed by atoms with E-state index < -0.39 is 0 Å². The van der Waals surface area contributed by atoms with E-state index in [9.17, 15) is 9.59 Å². The summed E-state index contributed by atoms with van der Waals surface area (Å²) >= 11 is 1.19. The third-order valence-electron chi connectivity index (χ3n) is 4.95. The Morgan fingerprint density at radius 2 is 1.15 bits per heavy atom. The molecule has 0 saturated carbocycles. The van der Waals surface area contributed by atoms with Gasteiger partial charge in [-0.05, 0) is 0 Å². The zero-order valence-electron chi connectivity index (χ0n) is 17.5. The number of nitrogens with two attached hydrogens (primary N) is 4. The molecule has 12 nitrogen and oxygen atoms in total. The monoisotopic (exact) mass is 466 g/mol. The fourth-order valence-corrected chi connectivity index (χ4v) is 4.29. The molecule has 3 aromatic carbocycles. The SMILES string of the molecule is NC(N)=NCCN=c1c2[nH]s[nH]c2c(=NCCN=C(N)N)c2c(=O)c3ccccc3c(=O)c12. The minimum atomic E-state index is -0.303. The van der Waals surface area contributed by atoms with Gasteiger partial charge in [0.2, 0.25) is 0 Å². The van der Waals surface area contributed by atoms with Crippen molar-refractivity contribution in [1.29, 1.82) is 0 Å². The summed E-state index contributed by atoms with van der Waals surface area (Å²) in [5.41, 5.74) is 22.1. The highest BCUT2D eigenvalue weighted by Crippen LogP contribution is 2.12. The zero-order valence-corrected chi connectivity index (χ0v) is 18.3. The Morgan fingerprint density at radius 1 is 0.727 bits per heavy atom. The highest BCUT2D eigenvalue weighted by molar-refractivity contribution is 7.00. The second kappa shape index (κ2) is 9.08. The number of H-pyrrole nitrogens is 2. The predicted molar refractivity (Wildman–Crippen MR) is 131 cm³/mol. The van der Waals surface area contributed by atoms with Crippen molar-refractivity contribution in [2.45, 2.75) is 0 Å². The molecule has 4 aromatic rings. The number of nitrogens with zero attached hydrogens (tertiary/aromatic N) is 4. The van der Waals surface area contributed by atoms with Gasteiger partial charge in [-0.25, -0.2) is 0 Å². The molecule has 0 aliphatic carbocycles. The summed E-state index contributed by atoms with van der Waals surface area (Å²) in [5.74, 6) is -0.106. The second-order valence-electron chi connectivity index (χ2n) is 7.08. The highest BCUT2D eigenvalue weighted by Gasteiger charge is 2.18. The molecule has 0 aliphatic rings. The Kier molecular flexibility index (Phi) is 6.04. The van der Waals surface area contributed by atoms with Crippen molar-refractivity contribution in [2.24, 2.45) is 42.9 Å². The number of aliphatic imine (C=N–C) groups is 2. The van der Waals surface area contributed by atoms with E-state index in [4.69, 9.17) is 22.9 Å². The highest BCUT2D eigenvalue weighted by atomic mass is 32.1. The summed E-state index contributed by atoms with van der Waals surface area (Å²) in [7, 11) is 0. The first kappa shape index (κ1) is 22.0. The van der Waals surface area contributed by atoms with E-state index in [-0.39, 0.29) is 59.7 Å². The molecule has 0 radical (unpaired) electrons. The molecule has 0 atom stereocenters. The number of nitrogens with one attached hydrogen (secondary N) is 2. The zero-order chi connectivity index (χ0) is 23.5. The van der Waals surface area contributed by atoms with Crippen LogP contribution in [0.3, 0.4) is 0 Å². The van der Waals surface area contributed by atoms with Crippen LogP contribution in [0.15, 0.2) is 53.8 Å². The maximum Gasteiger partial charge on any atom is 0.196 e. The van der Waals surface area contributed by atoms with Crippen LogP contribution in [-0.4, -0.2) is 46.8 Å². The van der Waals surface area contributed by atoms with Crippen LogP contribution in [0.5, 0.6) is 0 Å². The lowest BCUT2D eigenvalue weighted by Gasteiger charge is -2.04. The molecule has 0 saturated heterocycles. The van der Waals surface area contributed by atoms with Crippen LogP contribution in [0.25, 0.3) is 32.6 Å². The first-order valence-corrected chi connectivity index (χ1v) is 10.8. The van der Waals surface area contributed by atoms with Gasteiger partial charge in [0, 0.05) is 22.5 Å². The van der Waals surface area contributed by atoms with Gasteiger partial charge in [0.15, 0.2) is 22.8 Å². The normalized spacial score (nSPS) is 12.6. The van der Waals surface area contributed by atoms with Crippen LogP contribution in [0, 0.1) is 0 Å². The standard InChI is InChI=1S/C20H22N10O2S/c21-19(22)27-7-5-25-13-11-12(18(32)10-4-2-1-3-9(10)17(11)31)14(16-15(13)29-33-30-16)26-6-8-28-20(23)24/h1-4,29-30H,5-8H2,(H4,21,22,27)(H4,23,24,28). The lowest BCUT2D eigenvalue weighted by molar-refractivity contribution is 0.939. The van der Waals surface area contributed by atoms with Gasteiger partial charge in [0.1, 0.15) is 11.0 Å². The first-order valence-electron chi connectivity index (χ1n) is 9.96. The molecule has 0 bridgehead atoms. The number of hydrogen-bond donors (Lipinski definition) is 6. The summed E-state index contributed by atoms with van der Waals surface area (Å²) in [6, 6.07) is 6.69. The van der Waals surface area contributed by atoms with E-state index in [2.05, 4.69) is 28.7 Å². The number of hydrogen-bond acceptors (Lipinski definition) is 7. The fraction of sp³-hybridized carbons (Fsp3) is 0.200. The molecule has 0 spiro atoms. The molecular weight excluding hydrogens is 444 g/mol. The Labute approximate surface area is 189 Å². The van der Waals surface area contributed by atoms with E-state index in [0.29, 0.717) is 32.5 Å². The molecule has 0 amide bonds. The number of benzene rings is 3. The van der Waals surface area contributed by atoms with Crippen LogP contribution >= 0.6 is 11.7 Å². The van der Waals surface area contributed by atoms with Crippen molar-refractivity contribution in [3.63, 3.8) is 0 Å². The lowest BCUT2D eigenvalue weighted by atomic mass is 10.00. The van der Waals surface area contributed by atoms with Gasteiger partial charge in [0.05, 0.1) is 47.7 Å². The predicted octanol–water partition coefficient (Wildman–Crippen LogP) is -1.63. The topological polar surface area (TPSA) is 219 Å². The van der Waals surface area contributed by atoms with Crippen LogP contribution < -0.4 is 44.5 Å². The smallest absolute Gasteiger partial charge is 0.196 e. The van der Waals surface area contributed by atoms with Crippen molar-refractivity contribution in [2.75, 3.05) is 26.2 Å². The van der Waals surface area contributed by atoms with Gasteiger partial charge in [-0.3, -0.25) is 38.3 Å². The minimum Gasteiger partial charge on any atom is -0.370 e. The van der Waals surface area contributed by atoms with Crippen molar-refractivity contribution >= 4 is 56.2 Å². The average Bonchev–Trinajstić information content (AvgIpc) is 3.27. The third-order valence-corrected chi connectivity index (χ3v) is 5.56. The van der Waals surface area contributed by atoms with E-state index in [1.165, 1.54) is 11.7 Å². The first-order chi connectivity index (χ1) is 15.9. The minimum absolute atomic E-state index is 0.0529. The molecule has 1 heterocycles. The number of fused-ring (bicyclic) bond motifs is 3.